The van der Waals surface area contributed by atoms with E-state index in [1.165, 1.54) is 35.7 Å². The fourth-order valence-electron chi connectivity index (χ4n) is 1.80. The van der Waals surface area contributed by atoms with E-state index >= 15 is 0 Å². The minimum Gasteiger partial charge on any atom is -0.298 e. The summed E-state index contributed by atoms with van der Waals surface area (Å²) in [6, 6.07) is 7.39. The number of pyridine rings is 1. The Bertz CT molecular complexity index is 867. The Hall–Kier alpha value is -2.02. The SMILES string of the molecule is O=C(Nc1nc(-c2ccc(F)cc2)cs1)c1cnc(Cl)c(Cl)c1. The first kappa shape index (κ1) is 15.9. The Labute approximate surface area is 144 Å². The van der Waals surface area contributed by atoms with Crippen LogP contribution >= 0.6 is 34.5 Å². The van der Waals surface area contributed by atoms with Crippen LogP contribution in [0.25, 0.3) is 11.3 Å². The Morgan fingerprint density at radius 2 is 1.96 bits per heavy atom. The molecule has 0 aliphatic heterocycles. The summed E-state index contributed by atoms with van der Waals surface area (Å²) in [5.74, 6) is -0.708. The van der Waals surface area contributed by atoms with Gasteiger partial charge in [0.2, 0.25) is 0 Å². The van der Waals surface area contributed by atoms with E-state index < -0.39 is 5.91 Å². The third-order valence-corrected chi connectivity index (χ3v) is 4.37. The Morgan fingerprint density at radius 3 is 2.65 bits per heavy atom. The highest BCUT2D eigenvalue weighted by Crippen LogP contribution is 2.26. The first-order valence-corrected chi connectivity index (χ1v) is 8.00. The number of carbonyl (C=O) groups is 1. The fourth-order valence-corrected chi connectivity index (χ4v) is 2.78. The number of thiazole rings is 1. The van der Waals surface area contributed by atoms with Gasteiger partial charge in [0.25, 0.3) is 5.91 Å². The van der Waals surface area contributed by atoms with Crippen LogP contribution in [0.4, 0.5) is 9.52 Å². The minimum atomic E-state index is -0.393. The summed E-state index contributed by atoms with van der Waals surface area (Å²) < 4.78 is 12.9. The number of rotatable bonds is 3. The van der Waals surface area contributed by atoms with Crippen molar-refractivity contribution in [1.82, 2.24) is 9.97 Å². The monoisotopic (exact) mass is 367 g/mol. The van der Waals surface area contributed by atoms with E-state index in [2.05, 4.69) is 15.3 Å². The molecule has 4 nitrogen and oxygen atoms in total. The lowest BCUT2D eigenvalue weighted by Gasteiger charge is -2.02. The maximum Gasteiger partial charge on any atom is 0.259 e. The van der Waals surface area contributed by atoms with Gasteiger partial charge in [-0.25, -0.2) is 14.4 Å². The van der Waals surface area contributed by atoms with Gasteiger partial charge in [-0.2, -0.15) is 0 Å². The van der Waals surface area contributed by atoms with Gasteiger partial charge in [-0.3, -0.25) is 10.1 Å². The van der Waals surface area contributed by atoms with Crippen molar-refractivity contribution in [3.05, 3.63) is 63.5 Å². The zero-order chi connectivity index (χ0) is 16.4. The molecular formula is C15H8Cl2FN3OS. The Balaban J connectivity index is 1.77. The van der Waals surface area contributed by atoms with E-state index in [1.807, 2.05) is 0 Å². The molecule has 0 aliphatic rings. The molecule has 8 heteroatoms. The molecule has 2 aromatic heterocycles. The third-order valence-electron chi connectivity index (χ3n) is 2.92. The molecular weight excluding hydrogens is 360 g/mol. The molecule has 0 unspecified atom stereocenters. The topological polar surface area (TPSA) is 54.9 Å². The van der Waals surface area contributed by atoms with Crippen LogP contribution in [0.3, 0.4) is 0 Å². The maximum absolute atomic E-state index is 12.9. The Kier molecular flexibility index (Phi) is 4.56. The van der Waals surface area contributed by atoms with Gasteiger partial charge < -0.3 is 0 Å². The van der Waals surface area contributed by atoms with Crippen LogP contribution in [0.15, 0.2) is 41.9 Å². The summed E-state index contributed by atoms with van der Waals surface area (Å²) in [6.07, 6.45) is 1.33. The fraction of sp³-hybridized carbons (Fsp3) is 0. The van der Waals surface area contributed by atoms with E-state index in [1.54, 1.807) is 17.5 Å². The Morgan fingerprint density at radius 1 is 1.22 bits per heavy atom. The standard InChI is InChI=1S/C15H8Cl2FN3OS/c16-11-5-9(6-19-13(11)17)14(22)21-15-20-12(7-23-15)8-1-3-10(18)4-2-8/h1-7H,(H,20,21,22). The van der Waals surface area contributed by atoms with E-state index in [4.69, 9.17) is 23.2 Å². The molecule has 2 heterocycles. The summed E-state index contributed by atoms with van der Waals surface area (Å²) in [5.41, 5.74) is 1.69. The lowest BCUT2D eigenvalue weighted by Crippen LogP contribution is -2.12. The predicted molar refractivity (Wildman–Crippen MR) is 89.7 cm³/mol. The second kappa shape index (κ2) is 6.62. The van der Waals surface area contributed by atoms with Gasteiger partial charge in [0, 0.05) is 17.1 Å². The van der Waals surface area contributed by atoms with Gasteiger partial charge in [0.05, 0.1) is 16.3 Å². The molecule has 0 radical (unpaired) electrons. The van der Waals surface area contributed by atoms with Crippen molar-refractivity contribution < 1.29 is 9.18 Å². The van der Waals surface area contributed by atoms with Crippen LogP contribution in [0, 0.1) is 5.82 Å². The predicted octanol–water partition coefficient (Wildman–Crippen LogP) is 4.90. The smallest absolute Gasteiger partial charge is 0.259 e. The van der Waals surface area contributed by atoms with E-state index in [0.717, 1.165) is 5.56 Å². The lowest BCUT2D eigenvalue weighted by atomic mass is 10.2. The second-order valence-corrected chi connectivity index (χ2v) is 6.12. The highest BCUT2D eigenvalue weighted by atomic mass is 35.5. The zero-order valence-electron chi connectivity index (χ0n) is 11.4. The van der Waals surface area contributed by atoms with Gasteiger partial charge in [0.15, 0.2) is 5.13 Å². The van der Waals surface area contributed by atoms with Crippen molar-refractivity contribution >= 4 is 45.6 Å². The maximum atomic E-state index is 12.9. The summed E-state index contributed by atoms with van der Waals surface area (Å²) >= 11 is 12.8. The van der Waals surface area contributed by atoms with Crippen LogP contribution in [0.5, 0.6) is 0 Å². The number of hydrogen-bond acceptors (Lipinski definition) is 4. The number of nitrogens with one attached hydrogen (secondary N) is 1. The second-order valence-electron chi connectivity index (χ2n) is 4.50. The normalized spacial score (nSPS) is 10.6. The van der Waals surface area contributed by atoms with E-state index in [9.17, 15) is 9.18 Å². The summed E-state index contributed by atoms with van der Waals surface area (Å²) in [5, 5.41) is 5.18. The average molecular weight is 368 g/mol. The van der Waals surface area contributed by atoms with Gasteiger partial charge in [0.1, 0.15) is 11.0 Å². The molecule has 3 aromatic rings. The van der Waals surface area contributed by atoms with Gasteiger partial charge in [-0.15, -0.1) is 11.3 Å². The molecule has 1 N–H and O–H groups in total. The summed E-state index contributed by atoms with van der Waals surface area (Å²) in [4.78, 5) is 20.3. The highest BCUT2D eigenvalue weighted by molar-refractivity contribution is 7.14. The first-order chi connectivity index (χ1) is 11.0. The van der Waals surface area contributed by atoms with Crippen molar-refractivity contribution in [2.24, 2.45) is 0 Å². The molecule has 0 aliphatic carbocycles. The van der Waals surface area contributed by atoms with Crippen molar-refractivity contribution in [2.75, 3.05) is 5.32 Å². The van der Waals surface area contributed by atoms with Gasteiger partial charge in [-0.05, 0) is 30.3 Å². The molecule has 0 fully saturated rings. The van der Waals surface area contributed by atoms with Crippen LogP contribution in [-0.4, -0.2) is 15.9 Å². The number of anilines is 1. The van der Waals surface area contributed by atoms with Gasteiger partial charge in [-0.1, -0.05) is 23.2 Å². The molecule has 0 bridgehead atoms. The largest absolute Gasteiger partial charge is 0.298 e. The van der Waals surface area contributed by atoms with Crippen LogP contribution in [0.1, 0.15) is 10.4 Å². The number of carbonyl (C=O) groups excluding carboxylic acids is 1. The quantitative estimate of drug-likeness (QED) is 0.669. The van der Waals surface area contributed by atoms with Crippen molar-refractivity contribution in [3.63, 3.8) is 0 Å². The molecule has 3 rings (SSSR count). The number of aromatic nitrogens is 2. The summed E-state index contributed by atoms with van der Waals surface area (Å²) in [6.45, 7) is 0. The van der Waals surface area contributed by atoms with E-state index in [-0.39, 0.29) is 21.6 Å². The molecule has 1 aromatic carbocycles. The highest BCUT2D eigenvalue weighted by Gasteiger charge is 2.12. The molecule has 0 atom stereocenters. The number of nitrogens with zero attached hydrogens (tertiary/aromatic N) is 2. The third kappa shape index (κ3) is 3.67. The number of halogens is 3. The first-order valence-electron chi connectivity index (χ1n) is 6.37. The minimum absolute atomic E-state index is 0.135. The average Bonchev–Trinajstić information content (AvgIpc) is 2.99. The van der Waals surface area contributed by atoms with Crippen LogP contribution < -0.4 is 5.32 Å². The van der Waals surface area contributed by atoms with Crippen molar-refractivity contribution in [2.45, 2.75) is 0 Å². The van der Waals surface area contributed by atoms with Crippen LogP contribution in [0.2, 0.25) is 10.2 Å². The molecule has 23 heavy (non-hydrogen) atoms. The van der Waals surface area contributed by atoms with Crippen molar-refractivity contribution in [1.29, 1.82) is 0 Å². The van der Waals surface area contributed by atoms with Gasteiger partial charge >= 0.3 is 0 Å². The molecule has 116 valence electrons. The molecule has 1 amide bonds. The van der Waals surface area contributed by atoms with E-state index in [0.29, 0.717) is 10.8 Å². The van der Waals surface area contributed by atoms with Crippen LogP contribution in [-0.2, 0) is 0 Å². The lowest BCUT2D eigenvalue weighted by molar-refractivity contribution is 0.102. The summed E-state index contributed by atoms with van der Waals surface area (Å²) in [7, 11) is 0. The molecule has 0 saturated carbocycles. The molecule has 0 saturated heterocycles. The zero-order valence-corrected chi connectivity index (χ0v) is 13.7. The molecule has 0 spiro atoms. The number of hydrogen-bond donors (Lipinski definition) is 1. The number of amides is 1. The number of benzene rings is 1. The van der Waals surface area contributed by atoms with Crippen molar-refractivity contribution in [3.8, 4) is 11.3 Å².